The third-order valence-corrected chi connectivity index (χ3v) is 6.20. The zero-order valence-corrected chi connectivity index (χ0v) is 16.9. The summed E-state index contributed by atoms with van der Waals surface area (Å²) < 4.78 is 41.0. The van der Waals surface area contributed by atoms with Crippen molar-refractivity contribution < 1.29 is 18.0 Å². The first kappa shape index (κ1) is 20.4. The summed E-state index contributed by atoms with van der Waals surface area (Å²) in [6.07, 6.45) is 0.722. The largest absolute Gasteiger partial charge is 0.416 e. The average molecular weight is 440 g/mol. The van der Waals surface area contributed by atoms with Gasteiger partial charge < -0.3 is 9.47 Å². The zero-order valence-electron chi connectivity index (χ0n) is 16.9. The van der Waals surface area contributed by atoms with Crippen molar-refractivity contribution >= 4 is 5.91 Å². The molecule has 9 heteroatoms. The fourth-order valence-electron chi connectivity index (χ4n) is 4.79. The number of amides is 1. The Morgan fingerprint density at radius 3 is 2.56 bits per heavy atom. The molecule has 1 amide bonds. The van der Waals surface area contributed by atoms with Crippen molar-refractivity contribution in [2.24, 2.45) is 5.92 Å². The molecule has 3 aromatic rings. The van der Waals surface area contributed by atoms with Crippen LogP contribution in [0.3, 0.4) is 0 Å². The summed E-state index contributed by atoms with van der Waals surface area (Å²) in [4.78, 5) is 35.7. The van der Waals surface area contributed by atoms with E-state index in [1.807, 2.05) is 0 Å². The number of pyridine rings is 1. The molecule has 1 fully saturated rings. The molecule has 2 bridgehead atoms. The second-order valence-corrected chi connectivity index (χ2v) is 8.30. The summed E-state index contributed by atoms with van der Waals surface area (Å²) in [6.45, 7) is 1.39. The Hall–Kier alpha value is -3.49. The van der Waals surface area contributed by atoms with Gasteiger partial charge in [0.15, 0.2) is 0 Å². The second kappa shape index (κ2) is 7.58. The van der Waals surface area contributed by atoms with Gasteiger partial charge in [-0.25, -0.2) is 9.97 Å². The molecule has 0 spiro atoms. The van der Waals surface area contributed by atoms with E-state index in [4.69, 9.17) is 0 Å². The van der Waals surface area contributed by atoms with E-state index in [0.29, 0.717) is 25.2 Å². The smallest absolute Gasteiger partial charge is 0.338 e. The van der Waals surface area contributed by atoms with Gasteiger partial charge in [-0.2, -0.15) is 13.2 Å². The number of aromatic nitrogens is 3. The average Bonchev–Trinajstić information content (AvgIpc) is 2.79. The molecule has 0 unspecified atom stereocenters. The standard InChI is InChI=1S/C23H19F3N4O2/c24-23(25,26)18-3-1-2-15(7-18)19-4-5-20-16-6-14(11-30(20)22(19)32)10-29(12-16)21(31)17-8-27-13-28-9-17/h1-5,7-9,13-14,16H,6,10-12H2/t14-,16-/m1/s1. The molecular weight excluding hydrogens is 421 g/mol. The molecule has 164 valence electrons. The normalized spacial score (nSPS) is 20.0. The maximum Gasteiger partial charge on any atom is 0.416 e. The van der Waals surface area contributed by atoms with Gasteiger partial charge >= 0.3 is 6.18 Å². The predicted molar refractivity (Wildman–Crippen MR) is 110 cm³/mol. The molecule has 2 aromatic heterocycles. The minimum absolute atomic E-state index is 0.0145. The molecule has 0 aliphatic carbocycles. The quantitative estimate of drug-likeness (QED) is 0.611. The van der Waals surface area contributed by atoms with E-state index in [1.54, 1.807) is 21.6 Å². The molecule has 0 saturated carbocycles. The van der Waals surface area contributed by atoms with Gasteiger partial charge in [-0.15, -0.1) is 0 Å². The highest BCUT2D eigenvalue weighted by Gasteiger charge is 2.37. The van der Waals surface area contributed by atoms with E-state index >= 15 is 0 Å². The van der Waals surface area contributed by atoms with E-state index in [9.17, 15) is 22.8 Å². The number of carbonyl (C=O) groups excluding carboxylic acids is 1. The van der Waals surface area contributed by atoms with Crippen LogP contribution in [-0.2, 0) is 12.7 Å². The van der Waals surface area contributed by atoms with Crippen LogP contribution in [0.25, 0.3) is 11.1 Å². The van der Waals surface area contributed by atoms with Gasteiger partial charge in [-0.1, -0.05) is 12.1 Å². The van der Waals surface area contributed by atoms with Crippen LogP contribution in [0.2, 0.25) is 0 Å². The summed E-state index contributed by atoms with van der Waals surface area (Å²) in [6, 6.07) is 8.23. The van der Waals surface area contributed by atoms with Crippen molar-refractivity contribution in [2.75, 3.05) is 13.1 Å². The van der Waals surface area contributed by atoms with E-state index in [-0.39, 0.29) is 34.4 Å². The summed E-state index contributed by atoms with van der Waals surface area (Å²) in [5.41, 5.74) is 0.639. The number of likely N-dealkylation sites (tertiary alicyclic amines) is 1. The summed E-state index contributed by atoms with van der Waals surface area (Å²) in [5, 5.41) is 0. The summed E-state index contributed by atoms with van der Waals surface area (Å²) in [5.74, 6) is -0.0692. The lowest BCUT2D eigenvalue weighted by atomic mass is 9.82. The molecule has 1 saturated heterocycles. The lowest BCUT2D eigenvalue weighted by Gasteiger charge is -2.42. The number of hydrogen-bond donors (Lipinski definition) is 0. The Balaban J connectivity index is 1.47. The van der Waals surface area contributed by atoms with Crippen molar-refractivity contribution in [1.29, 1.82) is 0 Å². The van der Waals surface area contributed by atoms with Crippen molar-refractivity contribution in [3.05, 3.63) is 82.3 Å². The van der Waals surface area contributed by atoms with E-state index < -0.39 is 11.7 Å². The molecule has 2 aliphatic heterocycles. The van der Waals surface area contributed by atoms with Crippen LogP contribution < -0.4 is 5.56 Å². The molecule has 4 heterocycles. The molecule has 2 aliphatic rings. The molecule has 1 aromatic carbocycles. The van der Waals surface area contributed by atoms with Gasteiger partial charge in [-0.3, -0.25) is 9.59 Å². The van der Waals surface area contributed by atoms with Crippen LogP contribution in [-0.4, -0.2) is 38.4 Å². The number of halogens is 3. The third kappa shape index (κ3) is 3.57. The highest BCUT2D eigenvalue weighted by atomic mass is 19.4. The second-order valence-electron chi connectivity index (χ2n) is 8.30. The molecule has 5 rings (SSSR count). The molecule has 6 nitrogen and oxygen atoms in total. The van der Waals surface area contributed by atoms with Gasteiger partial charge in [0.1, 0.15) is 6.33 Å². The predicted octanol–water partition coefficient (Wildman–Crippen LogP) is 3.58. The number of piperidine rings is 1. The van der Waals surface area contributed by atoms with Crippen LogP contribution >= 0.6 is 0 Å². The van der Waals surface area contributed by atoms with Crippen LogP contribution in [0.5, 0.6) is 0 Å². The van der Waals surface area contributed by atoms with Crippen LogP contribution in [0, 0.1) is 5.92 Å². The Morgan fingerprint density at radius 2 is 1.81 bits per heavy atom. The van der Waals surface area contributed by atoms with Gasteiger partial charge in [-0.05, 0) is 42.2 Å². The minimum atomic E-state index is -4.47. The highest BCUT2D eigenvalue weighted by molar-refractivity contribution is 5.93. The van der Waals surface area contributed by atoms with Gasteiger partial charge in [0.2, 0.25) is 0 Å². The first-order valence-corrected chi connectivity index (χ1v) is 10.3. The van der Waals surface area contributed by atoms with Gasteiger partial charge in [0.05, 0.1) is 11.1 Å². The fraction of sp³-hybridized carbons (Fsp3) is 0.304. The van der Waals surface area contributed by atoms with Gasteiger partial charge in [0, 0.05) is 49.2 Å². The van der Waals surface area contributed by atoms with Crippen LogP contribution in [0.1, 0.15) is 34.0 Å². The maximum atomic E-state index is 13.2. The number of carbonyl (C=O) groups is 1. The first-order chi connectivity index (χ1) is 15.3. The molecule has 2 atom stereocenters. The first-order valence-electron chi connectivity index (χ1n) is 10.3. The molecule has 32 heavy (non-hydrogen) atoms. The number of nitrogens with zero attached hydrogens (tertiary/aromatic N) is 4. The Kier molecular flexibility index (Phi) is 4.83. The lowest BCUT2D eigenvalue weighted by molar-refractivity contribution is -0.137. The number of hydrogen-bond acceptors (Lipinski definition) is 4. The van der Waals surface area contributed by atoms with E-state index in [1.165, 1.54) is 30.9 Å². The monoisotopic (exact) mass is 440 g/mol. The van der Waals surface area contributed by atoms with E-state index in [2.05, 4.69) is 9.97 Å². The number of alkyl halides is 3. The summed E-state index contributed by atoms with van der Waals surface area (Å²) in [7, 11) is 0. The number of fused-ring (bicyclic) bond motifs is 4. The van der Waals surface area contributed by atoms with Gasteiger partial charge in [0.25, 0.3) is 11.5 Å². The van der Waals surface area contributed by atoms with Crippen LogP contribution in [0.15, 0.2) is 59.9 Å². The summed E-state index contributed by atoms with van der Waals surface area (Å²) >= 11 is 0. The third-order valence-electron chi connectivity index (χ3n) is 6.20. The molecule has 0 radical (unpaired) electrons. The Bertz CT molecular complexity index is 1240. The maximum absolute atomic E-state index is 13.2. The van der Waals surface area contributed by atoms with Crippen molar-refractivity contribution in [1.82, 2.24) is 19.4 Å². The van der Waals surface area contributed by atoms with E-state index in [0.717, 1.165) is 24.2 Å². The van der Waals surface area contributed by atoms with Crippen LogP contribution in [0.4, 0.5) is 13.2 Å². The Morgan fingerprint density at radius 1 is 1.03 bits per heavy atom. The molecule has 0 N–H and O–H groups in total. The van der Waals surface area contributed by atoms with Crippen molar-refractivity contribution in [2.45, 2.75) is 25.1 Å². The topological polar surface area (TPSA) is 68.1 Å². The minimum Gasteiger partial charge on any atom is -0.338 e. The molecular formula is C23H19F3N4O2. The lowest BCUT2D eigenvalue weighted by Crippen LogP contribution is -2.49. The van der Waals surface area contributed by atoms with Crippen molar-refractivity contribution in [3.8, 4) is 11.1 Å². The highest BCUT2D eigenvalue weighted by Crippen LogP contribution is 2.37. The Labute approximate surface area is 181 Å². The fourth-order valence-corrected chi connectivity index (χ4v) is 4.79. The number of rotatable bonds is 2. The van der Waals surface area contributed by atoms with Crippen molar-refractivity contribution in [3.63, 3.8) is 0 Å². The number of benzene rings is 1. The SMILES string of the molecule is O=C(c1cncnc1)N1C[C@H]2C[C@H](C1)c1ccc(-c3cccc(C(F)(F)F)c3)c(=O)n1C2. The zero-order chi connectivity index (χ0) is 22.5.